The summed E-state index contributed by atoms with van der Waals surface area (Å²) in [6.07, 6.45) is 3.79. The van der Waals surface area contributed by atoms with E-state index in [1.54, 1.807) is 12.1 Å². The lowest BCUT2D eigenvalue weighted by Crippen LogP contribution is -2.33. The van der Waals surface area contributed by atoms with Gasteiger partial charge in [0.05, 0.1) is 12.7 Å². The number of halogens is 1. The van der Waals surface area contributed by atoms with Crippen LogP contribution in [0.5, 0.6) is 0 Å². The zero-order valence-electron chi connectivity index (χ0n) is 13.8. The maximum atomic E-state index is 11.9. The molecule has 6 heteroatoms. The molecule has 1 aromatic carbocycles. The quantitative estimate of drug-likeness (QED) is 0.750. The summed E-state index contributed by atoms with van der Waals surface area (Å²) in [5, 5.41) is 0. The van der Waals surface area contributed by atoms with E-state index in [4.69, 9.17) is 9.47 Å². The minimum absolute atomic E-state index is 0. The van der Waals surface area contributed by atoms with Gasteiger partial charge in [-0.2, -0.15) is 0 Å². The summed E-state index contributed by atoms with van der Waals surface area (Å²) >= 11 is 0. The van der Waals surface area contributed by atoms with Crippen molar-refractivity contribution in [2.24, 2.45) is 0 Å². The number of nitrogens with zero attached hydrogens (tertiary/aromatic N) is 1. The van der Waals surface area contributed by atoms with Crippen molar-refractivity contribution in [3.05, 3.63) is 41.1 Å². The Kier molecular flexibility index (Phi) is 6.38. The summed E-state index contributed by atoms with van der Waals surface area (Å²) in [6.45, 7) is 6.25. The molecule has 126 valence electrons. The van der Waals surface area contributed by atoms with Crippen molar-refractivity contribution in [3.63, 3.8) is 0 Å². The van der Waals surface area contributed by atoms with Crippen LogP contribution in [-0.4, -0.2) is 36.1 Å². The second-order valence-corrected chi connectivity index (χ2v) is 6.21. The summed E-state index contributed by atoms with van der Waals surface area (Å²) in [6, 6.07) is 5.41. The molecule has 0 saturated heterocycles. The largest absolute Gasteiger partial charge is 0.465 e. The van der Waals surface area contributed by atoms with E-state index in [-0.39, 0.29) is 35.5 Å². The second kappa shape index (κ2) is 7.64. The number of carbonyl (C=O) groups is 2. The Labute approximate surface area is 147 Å². The molecule has 1 aromatic rings. The van der Waals surface area contributed by atoms with Gasteiger partial charge in [0.15, 0.2) is 0 Å². The number of fused-ring (bicyclic) bond motifs is 1. The molecule has 0 radical (unpaired) electrons. The van der Waals surface area contributed by atoms with Crippen molar-refractivity contribution in [2.75, 3.05) is 13.7 Å². The van der Waals surface area contributed by atoms with Crippen molar-refractivity contribution in [2.45, 2.75) is 32.9 Å². The predicted molar refractivity (Wildman–Crippen MR) is 93.4 cm³/mol. The van der Waals surface area contributed by atoms with Gasteiger partial charge in [0.25, 0.3) is 0 Å². The fraction of sp³-hybridized carbons (Fsp3) is 0.412. The van der Waals surface area contributed by atoms with E-state index in [2.05, 4.69) is 0 Å². The average Bonchev–Trinajstić information content (AvgIpc) is 2.43. The minimum atomic E-state index is -0.494. The van der Waals surface area contributed by atoms with Crippen molar-refractivity contribution >= 4 is 35.0 Å². The molecular weight excluding hydrogens is 362 g/mol. The highest BCUT2D eigenvalue weighted by molar-refractivity contribution is 8.93. The van der Waals surface area contributed by atoms with Gasteiger partial charge in [0.2, 0.25) is 0 Å². The van der Waals surface area contributed by atoms with Crippen molar-refractivity contribution in [1.82, 2.24) is 4.90 Å². The smallest absolute Gasteiger partial charge is 0.337 e. The van der Waals surface area contributed by atoms with Crippen LogP contribution in [0.2, 0.25) is 0 Å². The Balaban J connectivity index is 0.00000264. The standard InChI is InChI=1S/C17H21NO4.BrH/c1-17(2,3)22-15(19)11-18-8-7-12-5-6-13(16(20)21-4)9-14(12)10-18;/h5-9H,10-11H2,1-4H3;1H. The molecule has 0 bridgehead atoms. The lowest BCUT2D eigenvalue weighted by Gasteiger charge is -2.27. The van der Waals surface area contributed by atoms with E-state index < -0.39 is 5.60 Å². The van der Waals surface area contributed by atoms with Gasteiger partial charge < -0.3 is 14.4 Å². The number of hydrogen-bond donors (Lipinski definition) is 0. The molecule has 0 aromatic heterocycles. The fourth-order valence-corrected chi connectivity index (χ4v) is 2.26. The number of rotatable bonds is 3. The highest BCUT2D eigenvalue weighted by Gasteiger charge is 2.20. The van der Waals surface area contributed by atoms with E-state index in [0.29, 0.717) is 12.1 Å². The monoisotopic (exact) mass is 383 g/mol. The Morgan fingerprint density at radius 3 is 2.57 bits per heavy atom. The topological polar surface area (TPSA) is 55.8 Å². The predicted octanol–water partition coefficient (Wildman–Crippen LogP) is 3.18. The Hall–Kier alpha value is -1.82. The highest BCUT2D eigenvalue weighted by atomic mass is 79.9. The molecule has 0 spiro atoms. The molecule has 1 aliphatic heterocycles. The van der Waals surface area contributed by atoms with Gasteiger partial charge in [-0.05, 0) is 50.1 Å². The van der Waals surface area contributed by atoms with Crippen LogP contribution in [0.1, 0.15) is 42.3 Å². The van der Waals surface area contributed by atoms with Crippen LogP contribution in [-0.2, 0) is 20.8 Å². The van der Waals surface area contributed by atoms with Gasteiger partial charge in [-0.1, -0.05) is 6.07 Å². The molecule has 23 heavy (non-hydrogen) atoms. The molecule has 0 fully saturated rings. The van der Waals surface area contributed by atoms with Crippen molar-refractivity contribution in [3.8, 4) is 0 Å². The lowest BCUT2D eigenvalue weighted by molar-refractivity contribution is -0.155. The summed E-state index contributed by atoms with van der Waals surface area (Å²) in [5.41, 5.74) is 2.03. The molecule has 0 unspecified atom stereocenters. The third kappa shape index (κ3) is 5.39. The SMILES string of the molecule is Br.COC(=O)c1ccc2c(c1)CN(CC(=O)OC(C)(C)C)C=C2. The number of carbonyl (C=O) groups excluding carboxylic acids is 2. The van der Waals surface area contributed by atoms with Gasteiger partial charge >= 0.3 is 11.9 Å². The van der Waals surface area contributed by atoms with Crippen LogP contribution >= 0.6 is 17.0 Å². The molecular formula is C17H22BrNO4. The van der Waals surface area contributed by atoms with Gasteiger partial charge in [0.1, 0.15) is 12.1 Å². The number of hydrogen-bond acceptors (Lipinski definition) is 5. The molecule has 5 nitrogen and oxygen atoms in total. The van der Waals surface area contributed by atoms with E-state index >= 15 is 0 Å². The molecule has 0 atom stereocenters. The molecule has 0 saturated carbocycles. The summed E-state index contributed by atoms with van der Waals surface area (Å²) in [7, 11) is 1.36. The van der Waals surface area contributed by atoms with E-state index in [0.717, 1.165) is 11.1 Å². The van der Waals surface area contributed by atoms with Crippen LogP contribution in [0.3, 0.4) is 0 Å². The van der Waals surface area contributed by atoms with Crippen LogP contribution < -0.4 is 0 Å². The fourth-order valence-electron chi connectivity index (χ4n) is 2.26. The normalized spacial score (nSPS) is 13.0. The third-order valence-electron chi connectivity index (χ3n) is 3.15. The zero-order chi connectivity index (χ0) is 16.3. The Bertz CT molecular complexity index is 620. The summed E-state index contributed by atoms with van der Waals surface area (Å²) < 4.78 is 10.0. The van der Waals surface area contributed by atoms with Crippen molar-refractivity contribution in [1.29, 1.82) is 0 Å². The maximum Gasteiger partial charge on any atom is 0.337 e. The first-order valence-corrected chi connectivity index (χ1v) is 7.14. The average molecular weight is 384 g/mol. The molecule has 1 aliphatic rings. The van der Waals surface area contributed by atoms with Crippen LogP contribution in [0.25, 0.3) is 6.08 Å². The summed E-state index contributed by atoms with van der Waals surface area (Å²) in [5.74, 6) is -0.638. The molecule has 0 amide bonds. The molecule has 1 heterocycles. The van der Waals surface area contributed by atoms with Crippen LogP contribution in [0, 0.1) is 0 Å². The van der Waals surface area contributed by atoms with Gasteiger partial charge in [-0.3, -0.25) is 4.79 Å². The van der Waals surface area contributed by atoms with Crippen LogP contribution in [0.4, 0.5) is 0 Å². The number of ether oxygens (including phenoxy) is 2. The number of methoxy groups -OCH3 is 1. The molecule has 0 aliphatic carbocycles. The molecule has 0 N–H and O–H groups in total. The first-order valence-electron chi connectivity index (χ1n) is 7.14. The first kappa shape index (κ1) is 19.2. The number of benzene rings is 1. The maximum absolute atomic E-state index is 11.9. The number of esters is 2. The summed E-state index contributed by atoms with van der Waals surface area (Å²) in [4.78, 5) is 25.3. The lowest BCUT2D eigenvalue weighted by atomic mass is 10.0. The third-order valence-corrected chi connectivity index (χ3v) is 3.15. The van der Waals surface area contributed by atoms with E-state index in [1.807, 2.05) is 44.0 Å². The van der Waals surface area contributed by atoms with Gasteiger partial charge in [-0.15, -0.1) is 17.0 Å². The Morgan fingerprint density at radius 2 is 1.96 bits per heavy atom. The van der Waals surface area contributed by atoms with Crippen molar-refractivity contribution < 1.29 is 19.1 Å². The van der Waals surface area contributed by atoms with Gasteiger partial charge in [0, 0.05) is 12.7 Å². The highest BCUT2D eigenvalue weighted by Crippen LogP contribution is 2.21. The van der Waals surface area contributed by atoms with E-state index in [1.165, 1.54) is 7.11 Å². The molecule has 2 rings (SSSR count). The van der Waals surface area contributed by atoms with Gasteiger partial charge in [-0.25, -0.2) is 4.79 Å². The minimum Gasteiger partial charge on any atom is -0.465 e. The van der Waals surface area contributed by atoms with Crippen LogP contribution in [0.15, 0.2) is 24.4 Å². The van der Waals surface area contributed by atoms with E-state index in [9.17, 15) is 9.59 Å². The zero-order valence-corrected chi connectivity index (χ0v) is 15.5. The Morgan fingerprint density at radius 1 is 1.26 bits per heavy atom. The second-order valence-electron chi connectivity index (χ2n) is 6.21. The first-order chi connectivity index (χ1) is 10.3.